The summed E-state index contributed by atoms with van der Waals surface area (Å²) in [6, 6.07) is 9.90. The summed E-state index contributed by atoms with van der Waals surface area (Å²) in [6.07, 6.45) is 1.03. The third kappa shape index (κ3) is 1.94. The molecule has 0 unspecified atom stereocenters. The predicted octanol–water partition coefficient (Wildman–Crippen LogP) is 2.63. The van der Waals surface area contributed by atoms with Crippen LogP contribution in [0.1, 0.15) is 25.3 Å². The molecule has 64 valence electrons. The molecule has 0 aliphatic heterocycles. The molecule has 0 radical (unpaired) electrons. The summed E-state index contributed by atoms with van der Waals surface area (Å²) < 4.78 is 0. The Hall–Kier alpha value is -1.11. The van der Waals surface area contributed by atoms with Crippen molar-refractivity contribution in [2.45, 2.75) is 19.8 Å². The molecule has 1 aromatic rings. The van der Waals surface area contributed by atoms with Gasteiger partial charge in [0, 0.05) is 5.92 Å². The molecule has 0 heterocycles. The highest BCUT2D eigenvalue weighted by Gasteiger charge is 2.13. The van der Waals surface area contributed by atoms with E-state index in [4.69, 9.17) is 0 Å². The minimum absolute atomic E-state index is 0.0474. The van der Waals surface area contributed by atoms with E-state index < -0.39 is 0 Å². The van der Waals surface area contributed by atoms with Crippen LogP contribution in [0.4, 0.5) is 0 Å². The van der Waals surface area contributed by atoms with E-state index >= 15 is 0 Å². The van der Waals surface area contributed by atoms with Crippen molar-refractivity contribution in [3.63, 3.8) is 0 Å². The molecule has 0 aliphatic carbocycles. The first-order valence-corrected chi connectivity index (χ1v) is 4.26. The number of hydrogen-bond acceptors (Lipinski definition) is 1. The molecule has 1 rings (SSSR count). The molecule has 0 saturated carbocycles. The zero-order valence-corrected chi connectivity index (χ0v) is 7.53. The van der Waals surface area contributed by atoms with Gasteiger partial charge in [0.2, 0.25) is 0 Å². The minimum Gasteiger partial charge on any atom is -0.303 e. The van der Waals surface area contributed by atoms with E-state index in [0.29, 0.717) is 5.92 Å². The average Bonchev–Trinajstić information content (AvgIpc) is 2.07. The van der Waals surface area contributed by atoms with E-state index in [1.54, 1.807) is 0 Å². The van der Waals surface area contributed by atoms with Crippen molar-refractivity contribution >= 4 is 6.29 Å². The Balaban J connectivity index is 2.88. The van der Waals surface area contributed by atoms with Gasteiger partial charge in [-0.15, -0.1) is 0 Å². The average molecular weight is 162 g/mol. The molecule has 1 atom stereocenters. The predicted molar refractivity (Wildman–Crippen MR) is 50.1 cm³/mol. The topological polar surface area (TPSA) is 17.1 Å². The number of hydrogen-bond donors (Lipinski definition) is 0. The standard InChI is InChI=1S/C11H14O/c1-9(2)11(8-12)10-6-4-3-5-7-10/h3-9,11H,1-2H3/t11-/m0/s1. The minimum atomic E-state index is 0.0474. The van der Waals surface area contributed by atoms with Gasteiger partial charge in [-0.2, -0.15) is 0 Å². The second-order valence-corrected chi connectivity index (χ2v) is 3.32. The number of aldehydes is 1. The van der Waals surface area contributed by atoms with E-state index in [2.05, 4.69) is 13.8 Å². The lowest BCUT2D eigenvalue weighted by Gasteiger charge is -2.13. The molecule has 0 aromatic heterocycles. The Morgan fingerprint density at radius 3 is 2.17 bits per heavy atom. The van der Waals surface area contributed by atoms with Crippen molar-refractivity contribution in [1.82, 2.24) is 0 Å². The van der Waals surface area contributed by atoms with Crippen LogP contribution in [0.25, 0.3) is 0 Å². The van der Waals surface area contributed by atoms with Gasteiger partial charge in [0.15, 0.2) is 0 Å². The molecular weight excluding hydrogens is 148 g/mol. The van der Waals surface area contributed by atoms with Crippen LogP contribution in [0.2, 0.25) is 0 Å². The van der Waals surface area contributed by atoms with Crippen LogP contribution in [0, 0.1) is 5.92 Å². The normalized spacial score (nSPS) is 12.9. The molecule has 0 bridgehead atoms. The molecule has 0 spiro atoms. The smallest absolute Gasteiger partial charge is 0.127 e. The number of carbonyl (C=O) groups is 1. The number of carbonyl (C=O) groups excluding carboxylic acids is 1. The SMILES string of the molecule is CC(C)[C@H](C=O)c1ccccc1. The maximum atomic E-state index is 10.7. The number of benzene rings is 1. The van der Waals surface area contributed by atoms with Crippen LogP contribution in [-0.4, -0.2) is 6.29 Å². The van der Waals surface area contributed by atoms with Crippen LogP contribution in [0.3, 0.4) is 0 Å². The fraction of sp³-hybridized carbons (Fsp3) is 0.364. The molecular formula is C11H14O. The van der Waals surface area contributed by atoms with Crippen molar-refractivity contribution in [3.8, 4) is 0 Å². The second kappa shape index (κ2) is 4.05. The van der Waals surface area contributed by atoms with Gasteiger partial charge in [-0.1, -0.05) is 44.2 Å². The largest absolute Gasteiger partial charge is 0.303 e. The fourth-order valence-electron chi connectivity index (χ4n) is 1.30. The van der Waals surface area contributed by atoms with Gasteiger partial charge < -0.3 is 4.79 Å². The molecule has 1 nitrogen and oxygen atoms in total. The lowest BCUT2D eigenvalue weighted by molar-refractivity contribution is -0.109. The van der Waals surface area contributed by atoms with E-state index in [0.717, 1.165) is 11.8 Å². The summed E-state index contributed by atoms with van der Waals surface area (Å²) in [5, 5.41) is 0. The van der Waals surface area contributed by atoms with E-state index in [-0.39, 0.29) is 5.92 Å². The Morgan fingerprint density at radius 1 is 1.17 bits per heavy atom. The van der Waals surface area contributed by atoms with E-state index in [9.17, 15) is 4.79 Å². The van der Waals surface area contributed by atoms with E-state index in [1.165, 1.54) is 0 Å². The van der Waals surface area contributed by atoms with Crippen molar-refractivity contribution < 1.29 is 4.79 Å². The quantitative estimate of drug-likeness (QED) is 0.624. The van der Waals surface area contributed by atoms with Crippen LogP contribution < -0.4 is 0 Å². The molecule has 0 N–H and O–H groups in total. The Labute approximate surface area is 73.4 Å². The monoisotopic (exact) mass is 162 g/mol. The lowest BCUT2D eigenvalue weighted by Crippen LogP contribution is -2.07. The second-order valence-electron chi connectivity index (χ2n) is 3.32. The van der Waals surface area contributed by atoms with Crippen LogP contribution in [0.5, 0.6) is 0 Å². The Morgan fingerprint density at radius 2 is 1.75 bits per heavy atom. The zero-order chi connectivity index (χ0) is 8.97. The molecule has 0 aliphatic rings. The Kier molecular flexibility index (Phi) is 3.03. The van der Waals surface area contributed by atoms with Crippen LogP contribution in [0.15, 0.2) is 30.3 Å². The maximum absolute atomic E-state index is 10.7. The highest BCUT2D eigenvalue weighted by molar-refractivity contribution is 5.62. The van der Waals surface area contributed by atoms with Crippen molar-refractivity contribution in [2.24, 2.45) is 5.92 Å². The zero-order valence-electron chi connectivity index (χ0n) is 7.53. The first-order chi connectivity index (χ1) is 5.75. The van der Waals surface area contributed by atoms with Crippen LogP contribution in [-0.2, 0) is 4.79 Å². The van der Waals surface area contributed by atoms with Gasteiger partial charge in [-0.25, -0.2) is 0 Å². The molecule has 0 amide bonds. The van der Waals surface area contributed by atoms with Crippen molar-refractivity contribution in [3.05, 3.63) is 35.9 Å². The van der Waals surface area contributed by atoms with Gasteiger partial charge in [-0.05, 0) is 11.5 Å². The van der Waals surface area contributed by atoms with Crippen molar-refractivity contribution in [2.75, 3.05) is 0 Å². The Bertz CT molecular complexity index is 238. The number of rotatable bonds is 3. The van der Waals surface area contributed by atoms with Gasteiger partial charge in [0.1, 0.15) is 6.29 Å². The summed E-state index contributed by atoms with van der Waals surface area (Å²) in [5.74, 6) is 0.427. The summed E-state index contributed by atoms with van der Waals surface area (Å²) >= 11 is 0. The van der Waals surface area contributed by atoms with E-state index in [1.807, 2.05) is 30.3 Å². The van der Waals surface area contributed by atoms with Crippen molar-refractivity contribution in [1.29, 1.82) is 0 Å². The third-order valence-electron chi connectivity index (χ3n) is 2.05. The summed E-state index contributed by atoms with van der Waals surface area (Å²) in [7, 11) is 0. The molecule has 1 aromatic carbocycles. The first kappa shape index (κ1) is 8.98. The lowest BCUT2D eigenvalue weighted by atomic mass is 9.90. The van der Waals surface area contributed by atoms with Gasteiger partial charge in [-0.3, -0.25) is 0 Å². The highest BCUT2D eigenvalue weighted by atomic mass is 16.1. The van der Waals surface area contributed by atoms with Gasteiger partial charge in [0.25, 0.3) is 0 Å². The van der Waals surface area contributed by atoms with Gasteiger partial charge in [0.05, 0.1) is 0 Å². The summed E-state index contributed by atoms with van der Waals surface area (Å²) in [5.41, 5.74) is 1.11. The third-order valence-corrected chi connectivity index (χ3v) is 2.05. The summed E-state index contributed by atoms with van der Waals surface area (Å²) in [4.78, 5) is 10.7. The molecule has 0 fully saturated rings. The molecule has 1 heteroatoms. The maximum Gasteiger partial charge on any atom is 0.127 e. The highest BCUT2D eigenvalue weighted by Crippen LogP contribution is 2.21. The molecule has 0 saturated heterocycles. The van der Waals surface area contributed by atoms with Gasteiger partial charge >= 0.3 is 0 Å². The molecule has 12 heavy (non-hydrogen) atoms. The summed E-state index contributed by atoms with van der Waals surface area (Å²) in [6.45, 7) is 4.12. The van der Waals surface area contributed by atoms with Crippen LogP contribution >= 0.6 is 0 Å². The fourth-order valence-corrected chi connectivity index (χ4v) is 1.30. The first-order valence-electron chi connectivity index (χ1n) is 4.26.